The molecule has 6 nitrogen and oxygen atoms in total. The highest BCUT2D eigenvalue weighted by atomic mass is 16.5. The normalized spacial score (nSPS) is 12.2. The average molecular weight is 292 g/mol. The Hall–Kier alpha value is -2.05. The van der Waals surface area contributed by atoms with Crippen molar-refractivity contribution >= 4 is 0 Å². The van der Waals surface area contributed by atoms with E-state index in [2.05, 4.69) is 5.16 Å². The van der Waals surface area contributed by atoms with Gasteiger partial charge in [0.1, 0.15) is 30.4 Å². The molecule has 21 heavy (non-hydrogen) atoms. The first-order valence-electron chi connectivity index (χ1n) is 6.63. The van der Waals surface area contributed by atoms with Crippen LogP contribution in [0.1, 0.15) is 30.0 Å². The number of nitrogens with two attached hydrogens (primary N) is 1. The molecule has 2 aromatic rings. The lowest BCUT2D eigenvalue weighted by Crippen LogP contribution is -2.08. The zero-order valence-electron chi connectivity index (χ0n) is 12.5. The molecule has 1 aromatic heterocycles. The second kappa shape index (κ2) is 7.10. The molecule has 0 saturated carbocycles. The van der Waals surface area contributed by atoms with Crippen LogP contribution in [-0.2, 0) is 18.0 Å². The Morgan fingerprint density at radius 3 is 2.71 bits per heavy atom. The smallest absolute Gasteiger partial charge is 0.162 e. The van der Waals surface area contributed by atoms with Gasteiger partial charge in [-0.05, 0) is 13.0 Å². The number of hydrogen-bond acceptors (Lipinski definition) is 6. The van der Waals surface area contributed by atoms with Crippen LogP contribution in [0.25, 0.3) is 0 Å². The molecule has 0 fully saturated rings. The van der Waals surface area contributed by atoms with Gasteiger partial charge in [-0.1, -0.05) is 11.2 Å². The van der Waals surface area contributed by atoms with Gasteiger partial charge >= 0.3 is 0 Å². The molecule has 2 N–H and O–H groups in total. The van der Waals surface area contributed by atoms with Crippen LogP contribution in [-0.4, -0.2) is 19.4 Å². The third-order valence-corrected chi connectivity index (χ3v) is 2.98. The van der Waals surface area contributed by atoms with E-state index >= 15 is 0 Å². The molecule has 0 bridgehead atoms. The molecule has 0 aliphatic rings. The van der Waals surface area contributed by atoms with E-state index in [0.717, 1.165) is 11.3 Å². The predicted octanol–water partition coefficient (Wildman–Crippen LogP) is 2.43. The third kappa shape index (κ3) is 3.96. The Kier molecular flexibility index (Phi) is 5.19. The summed E-state index contributed by atoms with van der Waals surface area (Å²) in [6.45, 7) is 2.58. The maximum Gasteiger partial charge on any atom is 0.162 e. The standard InChI is InChI=1S/C15H20N2O4/c1-10(16)14-5-4-12(19-3)7-15(14)20-8-11-6-13(9-18-2)21-17-11/h4-7,10H,8-9,16H2,1-3H3/t10-/m0/s1. The van der Waals surface area contributed by atoms with Crippen molar-refractivity contribution in [2.45, 2.75) is 26.2 Å². The van der Waals surface area contributed by atoms with Crippen molar-refractivity contribution < 1.29 is 18.7 Å². The van der Waals surface area contributed by atoms with E-state index in [1.807, 2.05) is 25.1 Å². The van der Waals surface area contributed by atoms with Gasteiger partial charge in [-0.3, -0.25) is 0 Å². The largest absolute Gasteiger partial charge is 0.497 e. The highest BCUT2D eigenvalue weighted by molar-refractivity contribution is 5.42. The van der Waals surface area contributed by atoms with Gasteiger partial charge in [0, 0.05) is 30.8 Å². The highest BCUT2D eigenvalue weighted by Crippen LogP contribution is 2.29. The van der Waals surface area contributed by atoms with Crippen LogP contribution in [0.2, 0.25) is 0 Å². The molecule has 1 heterocycles. The lowest BCUT2D eigenvalue weighted by Gasteiger charge is -2.14. The number of aromatic nitrogens is 1. The number of nitrogens with zero attached hydrogens (tertiary/aromatic N) is 1. The van der Waals surface area contributed by atoms with Crippen molar-refractivity contribution in [2.24, 2.45) is 5.73 Å². The molecule has 114 valence electrons. The summed E-state index contributed by atoms with van der Waals surface area (Å²) in [5.74, 6) is 2.06. The van der Waals surface area contributed by atoms with Crippen LogP contribution in [0.5, 0.6) is 11.5 Å². The Morgan fingerprint density at radius 2 is 2.05 bits per heavy atom. The topological polar surface area (TPSA) is 79.7 Å². The van der Waals surface area contributed by atoms with E-state index in [1.165, 1.54) is 0 Å². The van der Waals surface area contributed by atoms with Gasteiger partial charge in [0.05, 0.1) is 7.11 Å². The van der Waals surface area contributed by atoms with Gasteiger partial charge in [0.15, 0.2) is 5.76 Å². The van der Waals surface area contributed by atoms with Gasteiger partial charge in [-0.2, -0.15) is 0 Å². The molecule has 2 rings (SSSR count). The average Bonchev–Trinajstić information content (AvgIpc) is 2.92. The highest BCUT2D eigenvalue weighted by Gasteiger charge is 2.11. The van der Waals surface area contributed by atoms with Crippen molar-refractivity contribution in [3.05, 3.63) is 41.3 Å². The maximum atomic E-state index is 5.95. The fourth-order valence-electron chi connectivity index (χ4n) is 1.93. The lowest BCUT2D eigenvalue weighted by molar-refractivity contribution is 0.155. The molecule has 0 aliphatic carbocycles. The van der Waals surface area contributed by atoms with Crippen molar-refractivity contribution in [3.8, 4) is 11.5 Å². The first-order chi connectivity index (χ1) is 10.1. The van der Waals surface area contributed by atoms with Gasteiger partial charge in [-0.25, -0.2) is 0 Å². The Balaban J connectivity index is 2.10. The molecule has 0 amide bonds. The second-order valence-electron chi connectivity index (χ2n) is 4.70. The quantitative estimate of drug-likeness (QED) is 0.844. The minimum atomic E-state index is -0.132. The Bertz CT molecular complexity index is 581. The van der Waals surface area contributed by atoms with Crippen molar-refractivity contribution in [2.75, 3.05) is 14.2 Å². The summed E-state index contributed by atoms with van der Waals surface area (Å²) in [4.78, 5) is 0. The van der Waals surface area contributed by atoms with Crippen LogP contribution in [0.4, 0.5) is 0 Å². The van der Waals surface area contributed by atoms with Crippen LogP contribution < -0.4 is 15.2 Å². The van der Waals surface area contributed by atoms with E-state index in [0.29, 0.717) is 30.4 Å². The van der Waals surface area contributed by atoms with E-state index in [-0.39, 0.29) is 6.04 Å². The summed E-state index contributed by atoms with van der Waals surface area (Å²) in [5, 5.41) is 3.92. The second-order valence-corrected chi connectivity index (χ2v) is 4.70. The molecule has 0 spiro atoms. The first kappa shape index (κ1) is 15.3. The van der Waals surface area contributed by atoms with Crippen molar-refractivity contribution in [3.63, 3.8) is 0 Å². The maximum absolute atomic E-state index is 5.95. The predicted molar refractivity (Wildman–Crippen MR) is 77.1 cm³/mol. The van der Waals surface area contributed by atoms with Crippen molar-refractivity contribution in [1.82, 2.24) is 5.16 Å². The summed E-state index contributed by atoms with van der Waals surface area (Å²) >= 11 is 0. The molecule has 0 radical (unpaired) electrons. The van der Waals surface area contributed by atoms with Crippen LogP contribution >= 0.6 is 0 Å². The number of ether oxygens (including phenoxy) is 3. The molecule has 6 heteroatoms. The zero-order valence-corrected chi connectivity index (χ0v) is 12.5. The summed E-state index contributed by atoms with van der Waals surface area (Å²) in [7, 11) is 3.21. The van der Waals surface area contributed by atoms with E-state index in [9.17, 15) is 0 Å². The molecule has 0 saturated heterocycles. The molecule has 0 unspecified atom stereocenters. The molecule has 1 atom stereocenters. The minimum absolute atomic E-state index is 0.132. The van der Waals surface area contributed by atoms with Gasteiger partial charge in [0.25, 0.3) is 0 Å². The fraction of sp³-hybridized carbons (Fsp3) is 0.400. The summed E-state index contributed by atoms with van der Waals surface area (Å²) in [6, 6.07) is 7.24. The van der Waals surface area contributed by atoms with Crippen LogP contribution in [0.15, 0.2) is 28.8 Å². The van der Waals surface area contributed by atoms with Gasteiger partial charge in [0.2, 0.25) is 0 Å². The van der Waals surface area contributed by atoms with E-state index in [1.54, 1.807) is 20.3 Å². The minimum Gasteiger partial charge on any atom is -0.497 e. The van der Waals surface area contributed by atoms with Crippen molar-refractivity contribution in [1.29, 1.82) is 0 Å². The van der Waals surface area contributed by atoms with E-state index < -0.39 is 0 Å². The molecule has 0 aliphatic heterocycles. The lowest BCUT2D eigenvalue weighted by atomic mass is 10.1. The SMILES string of the molecule is COCc1cc(COc2cc(OC)ccc2[C@H](C)N)no1. The Labute approximate surface area is 123 Å². The number of hydrogen-bond donors (Lipinski definition) is 1. The molecular weight excluding hydrogens is 272 g/mol. The molecular formula is C15H20N2O4. The molecule has 1 aromatic carbocycles. The summed E-state index contributed by atoms with van der Waals surface area (Å²) in [5.41, 5.74) is 7.56. The summed E-state index contributed by atoms with van der Waals surface area (Å²) < 4.78 is 21.1. The zero-order chi connectivity index (χ0) is 15.2. The number of rotatable bonds is 7. The monoisotopic (exact) mass is 292 g/mol. The first-order valence-corrected chi connectivity index (χ1v) is 6.63. The number of benzene rings is 1. The third-order valence-electron chi connectivity index (χ3n) is 2.98. The number of methoxy groups -OCH3 is 2. The van der Waals surface area contributed by atoms with Crippen LogP contribution in [0, 0.1) is 0 Å². The Morgan fingerprint density at radius 1 is 1.24 bits per heavy atom. The van der Waals surface area contributed by atoms with Crippen LogP contribution in [0.3, 0.4) is 0 Å². The van der Waals surface area contributed by atoms with Gasteiger partial charge in [-0.15, -0.1) is 0 Å². The fourth-order valence-corrected chi connectivity index (χ4v) is 1.93. The van der Waals surface area contributed by atoms with Gasteiger partial charge < -0.3 is 24.5 Å². The van der Waals surface area contributed by atoms with E-state index in [4.69, 9.17) is 24.5 Å². The summed E-state index contributed by atoms with van der Waals surface area (Å²) in [6.07, 6.45) is 0.